The highest BCUT2D eigenvalue weighted by Crippen LogP contribution is 2.32. The van der Waals surface area contributed by atoms with Gasteiger partial charge in [-0.1, -0.05) is 24.3 Å². The molecule has 1 aliphatic rings. The van der Waals surface area contributed by atoms with Crippen LogP contribution in [0.25, 0.3) is 10.8 Å². The molecule has 0 aliphatic heterocycles. The van der Waals surface area contributed by atoms with E-state index in [1.54, 1.807) is 30.3 Å². The van der Waals surface area contributed by atoms with Gasteiger partial charge in [-0.15, -0.1) is 12.4 Å². The van der Waals surface area contributed by atoms with Crippen LogP contribution >= 0.6 is 12.4 Å². The molecule has 1 amide bonds. The quantitative estimate of drug-likeness (QED) is 0.711. The van der Waals surface area contributed by atoms with Crippen molar-refractivity contribution >= 4 is 44.8 Å². The Morgan fingerprint density at radius 3 is 2.44 bits per heavy atom. The van der Waals surface area contributed by atoms with Gasteiger partial charge >= 0.3 is 0 Å². The Morgan fingerprint density at radius 2 is 1.84 bits per heavy atom. The lowest BCUT2D eigenvalue weighted by atomic mass is 10.1. The van der Waals surface area contributed by atoms with E-state index < -0.39 is 10.0 Å². The monoisotopic (exact) mass is 383 g/mol. The Balaban J connectivity index is 0.00000225. The maximum atomic E-state index is 12.7. The van der Waals surface area contributed by atoms with Crippen LogP contribution in [0.4, 0.5) is 5.69 Å². The van der Waals surface area contributed by atoms with Crippen LogP contribution in [0.15, 0.2) is 41.3 Å². The van der Waals surface area contributed by atoms with Crippen LogP contribution < -0.4 is 15.8 Å². The van der Waals surface area contributed by atoms with Gasteiger partial charge in [0, 0.05) is 36.0 Å². The third-order valence-electron chi connectivity index (χ3n) is 4.22. The van der Waals surface area contributed by atoms with E-state index in [1.165, 1.54) is 13.0 Å². The van der Waals surface area contributed by atoms with E-state index in [9.17, 15) is 13.2 Å². The number of nitrogens with two attached hydrogens (primary N) is 1. The molecule has 1 unspecified atom stereocenters. The number of amides is 1. The molecule has 0 bridgehead atoms. The van der Waals surface area contributed by atoms with Crippen molar-refractivity contribution in [3.63, 3.8) is 0 Å². The molecule has 0 aromatic heterocycles. The number of hydrogen-bond acceptors (Lipinski definition) is 4. The average Bonchev–Trinajstić information content (AvgIpc) is 3.37. The van der Waals surface area contributed by atoms with Crippen LogP contribution in [-0.4, -0.2) is 26.9 Å². The first-order valence-electron chi connectivity index (χ1n) is 7.93. The van der Waals surface area contributed by atoms with Gasteiger partial charge in [0.05, 0.1) is 4.90 Å². The molecule has 4 N–H and O–H groups in total. The molecule has 25 heavy (non-hydrogen) atoms. The molecule has 8 heteroatoms. The predicted octanol–water partition coefficient (Wildman–Crippen LogP) is 2.24. The molecule has 2 aromatic rings. The molecule has 1 saturated carbocycles. The molecule has 6 nitrogen and oxygen atoms in total. The summed E-state index contributed by atoms with van der Waals surface area (Å²) in [4.78, 5) is 11.5. The van der Waals surface area contributed by atoms with Crippen LogP contribution in [0.1, 0.15) is 19.8 Å². The molecule has 1 fully saturated rings. The molecule has 0 spiro atoms. The third kappa shape index (κ3) is 4.49. The van der Waals surface area contributed by atoms with Crippen LogP contribution in [0.5, 0.6) is 0 Å². The van der Waals surface area contributed by atoms with Gasteiger partial charge in [-0.25, -0.2) is 13.1 Å². The molecule has 0 radical (unpaired) electrons. The number of hydrogen-bond donors (Lipinski definition) is 3. The van der Waals surface area contributed by atoms with Gasteiger partial charge in [0.2, 0.25) is 15.9 Å². The van der Waals surface area contributed by atoms with Crippen LogP contribution in [0.3, 0.4) is 0 Å². The maximum absolute atomic E-state index is 12.7. The number of carbonyl (C=O) groups is 1. The maximum Gasteiger partial charge on any atom is 0.241 e. The van der Waals surface area contributed by atoms with Crippen molar-refractivity contribution in [3.05, 3.63) is 36.4 Å². The summed E-state index contributed by atoms with van der Waals surface area (Å²) in [6.45, 7) is 1.65. The van der Waals surface area contributed by atoms with Crippen LogP contribution in [0, 0.1) is 5.92 Å². The lowest BCUT2D eigenvalue weighted by molar-refractivity contribution is -0.114. The summed E-state index contributed by atoms with van der Waals surface area (Å²) < 4.78 is 28.0. The first-order chi connectivity index (χ1) is 11.4. The molecule has 0 saturated heterocycles. The van der Waals surface area contributed by atoms with Crippen molar-refractivity contribution in [1.29, 1.82) is 0 Å². The molecule has 1 aliphatic carbocycles. The lowest BCUT2D eigenvalue weighted by Gasteiger charge is -2.15. The van der Waals surface area contributed by atoms with Gasteiger partial charge in [0.1, 0.15) is 0 Å². The van der Waals surface area contributed by atoms with E-state index >= 15 is 0 Å². The number of nitrogens with one attached hydrogen (secondary N) is 2. The minimum Gasteiger partial charge on any atom is -0.326 e. The molecule has 136 valence electrons. The first-order valence-corrected chi connectivity index (χ1v) is 9.41. The fourth-order valence-corrected chi connectivity index (χ4v) is 4.06. The largest absolute Gasteiger partial charge is 0.326 e. The van der Waals surface area contributed by atoms with E-state index in [0.717, 1.165) is 12.8 Å². The van der Waals surface area contributed by atoms with Crippen molar-refractivity contribution in [2.75, 3.05) is 11.9 Å². The molecular formula is C17H22ClN3O3S. The second kappa shape index (κ2) is 7.70. The minimum absolute atomic E-state index is 0. The molecular weight excluding hydrogens is 362 g/mol. The van der Waals surface area contributed by atoms with Crippen molar-refractivity contribution in [2.24, 2.45) is 11.7 Å². The topological polar surface area (TPSA) is 101 Å². The van der Waals surface area contributed by atoms with E-state index in [0.29, 0.717) is 22.4 Å². The molecule has 0 heterocycles. The van der Waals surface area contributed by atoms with Crippen molar-refractivity contribution in [1.82, 2.24) is 4.72 Å². The number of sulfonamides is 1. The van der Waals surface area contributed by atoms with Gasteiger partial charge in [0.25, 0.3) is 0 Å². The van der Waals surface area contributed by atoms with Gasteiger partial charge in [-0.3, -0.25) is 4.79 Å². The summed E-state index contributed by atoms with van der Waals surface area (Å²) in [6.07, 6.45) is 2.13. The Morgan fingerprint density at radius 1 is 1.20 bits per heavy atom. The van der Waals surface area contributed by atoms with Gasteiger partial charge in [0.15, 0.2) is 0 Å². The van der Waals surface area contributed by atoms with E-state index in [1.807, 2.05) is 0 Å². The number of carbonyl (C=O) groups excluding carboxylic acids is 1. The van der Waals surface area contributed by atoms with Crippen LogP contribution in [-0.2, 0) is 14.8 Å². The van der Waals surface area contributed by atoms with Crippen molar-refractivity contribution < 1.29 is 13.2 Å². The second-order valence-corrected chi connectivity index (χ2v) is 7.93. The van der Waals surface area contributed by atoms with Crippen molar-refractivity contribution in [3.8, 4) is 0 Å². The van der Waals surface area contributed by atoms with Crippen molar-refractivity contribution in [2.45, 2.75) is 30.7 Å². The minimum atomic E-state index is -3.68. The molecule has 1 atom stereocenters. The summed E-state index contributed by atoms with van der Waals surface area (Å²) in [7, 11) is -3.68. The predicted molar refractivity (Wildman–Crippen MR) is 101 cm³/mol. The lowest BCUT2D eigenvalue weighted by Crippen LogP contribution is -2.38. The zero-order valence-corrected chi connectivity index (χ0v) is 15.5. The zero-order valence-electron chi connectivity index (χ0n) is 13.9. The Bertz CT molecular complexity index is 882. The summed E-state index contributed by atoms with van der Waals surface area (Å²) in [5, 5.41) is 3.97. The second-order valence-electron chi connectivity index (χ2n) is 6.19. The van der Waals surface area contributed by atoms with Crippen LogP contribution in [0.2, 0.25) is 0 Å². The normalized spacial score (nSPS) is 15.4. The first kappa shape index (κ1) is 19.7. The highest BCUT2D eigenvalue weighted by Gasteiger charge is 2.29. The summed E-state index contributed by atoms with van der Waals surface area (Å²) >= 11 is 0. The zero-order chi connectivity index (χ0) is 17.3. The molecule has 3 rings (SSSR count). The van der Waals surface area contributed by atoms with Gasteiger partial charge < -0.3 is 11.1 Å². The Kier molecular flexibility index (Phi) is 6.05. The van der Waals surface area contributed by atoms with E-state index in [-0.39, 0.29) is 35.8 Å². The molecule has 2 aromatic carbocycles. The number of rotatable bonds is 6. The average molecular weight is 384 g/mol. The fourth-order valence-electron chi connectivity index (χ4n) is 2.78. The summed E-state index contributed by atoms with van der Waals surface area (Å²) in [6, 6.07) is 10.1. The third-order valence-corrected chi connectivity index (χ3v) is 5.70. The number of halogens is 1. The SMILES string of the molecule is CC(=O)Nc1ccc(S(=O)(=O)NCC(N)C2CC2)c2ccccc12.Cl. The summed E-state index contributed by atoms with van der Waals surface area (Å²) in [5.41, 5.74) is 6.57. The fraction of sp³-hybridized carbons (Fsp3) is 0.353. The summed E-state index contributed by atoms with van der Waals surface area (Å²) in [5.74, 6) is 0.218. The van der Waals surface area contributed by atoms with Gasteiger partial charge in [-0.2, -0.15) is 0 Å². The standard InChI is InChI=1S/C17H21N3O3S.ClH/c1-11(21)20-16-8-9-17(14-5-3-2-4-13(14)16)24(22,23)19-10-15(18)12-6-7-12;/h2-5,8-9,12,15,19H,6-7,10,18H2,1H3,(H,20,21);1H. The number of anilines is 1. The highest BCUT2D eigenvalue weighted by molar-refractivity contribution is 7.89. The highest BCUT2D eigenvalue weighted by atomic mass is 35.5. The Hall–Kier alpha value is -1.67. The van der Waals surface area contributed by atoms with Gasteiger partial charge in [-0.05, 0) is 30.9 Å². The van der Waals surface area contributed by atoms with E-state index in [4.69, 9.17) is 5.73 Å². The smallest absolute Gasteiger partial charge is 0.241 e. The number of fused-ring (bicyclic) bond motifs is 1. The van der Waals surface area contributed by atoms with E-state index in [2.05, 4.69) is 10.0 Å². The Labute approximate surface area is 153 Å². The number of benzene rings is 2.